The summed E-state index contributed by atoms with van der Waals surface area (Å²) in [5, 5.41) is 32.1. The Bertz CT molecular complexity index is 399. The van der Waals surface area contributed by atoms with Crippen LogP contribution in [-0.4, -0.2) is 50.5 Å². The van der Waals surface area contributed by atoms with Crippen molar-refractivity contribution < 1.29 is 5.03 Å². The molecule has 0 aliphatic carbocycles. The van der Waals surface area contributed by atoms with Crippen LogP contribution in [0, 0.1) is 10.1 Å². The van der Waals surface area contributed by atoms with Crippen LogP contribution in [0.4, 0.5) is 0 Å². The van der Waals surface area contributed by atoms with E-state index in [1.54, 1.807) is 0 Å². The van der Waals surface area contributed by atoms with Crippen molar-refractivity contribution in [3.8, 4) is 0 Å². The van der Waals surface area contributed by atoms with E-state index in [-0.39, 0.29) is 13.3 Å². The lowest BCUT2D eigenvalue weighted by molar-refractivity contribution is -0.672. The molecule has 2 rings (SSSR count). The van der Waals surface area contributed by atoms with Crippen molar-refractivity contribution in [2.45, 2.75) is 13.3 Å². The van der Waals surface area contributed by atoms with Crippen molar-refractivity contribution in [1.29, 1.82) is 0 Å². The zero-order valence-corrected chi connectivity index (χ0v) is 7.86. The normalized spacial score (nSPS) is 10.2. The standard InChI is InChI=1S/C4H6N10O2/c15-14(16)11(3-12-7-1-5-9-12)4-13-8-2-6-10-13/h1-2H,3-4H2. The number of hydrazine groups is 1. The van der Waals surface area contributed by atoms with Crippen LogP contribution in [0.15, 0.2) is 12.7 Å². The molecule has 0 spiro atoms. The Morgan fingerprint density at radius 1 is 1.12 bits per heavy atom. The van der Waals surface area contributed by atoms with Gasteiger partial charge in [-0.1, -0.05) is 5.01 Å². The Labute approximate surface area is 87.6 Å². The van der Waals surface area contributed by atoms with Crippen LogP contribution in [0.5, 0.6) is 0 Å². The van der Waals surface area contributed by atoms with Gasteiger partial charge in [-0.3, -0.25) is 0 Å². The van der Waals surface area contributed by atoms with Crippen LogP contribution in [0.3, 0.4) is 0 Å². The molecule has 0 bridgehead atoms. The molecule has 0 aliphatic rings. The molecular weight excluding hydrogens is 220 g/mol. The first-order valence-electron chi connectivity index (χ1n) is 4.06. The average Bonchev–Trinajstić information content (AvgIpc) is 2.88. The van der Waals surface area contributed by atoms with Crippen molar-refractivity contribution in [3.63, 3.8) is 0 Å². The number of rotatable bonds is 5. The topological polar surface area (TPSA) is 134 Å². The molecule has 0 aromatic carbocycles. The van der Waals surface area contributed by atoms with Gasteiger partial charge in [-0.25, -0.2) is 10.1 Å². The highest BCUT2D eigenvalue weighted by atomic mass is 16.7. The van der Waals surface area contributed by atoms with E-state index in [2.05, 4.69) is 30.8 Å². The first-order chi connectivity index (χ1) is 7.75. The van der Waals surface area contributed by atoms with Crippen LogP contribution in [0.25, 0.3) is 0 Å². The van der Waals surface area contributed by atoms with E-state index in [0.29, 0.717) is 0 Å². The molecule has 0 N–H and O–H groups in total. The Balaban J connectivity index is 2.03. The molecule has 2 aromatic rings. The SMILES string of the molecule is O=[N+]([O-])N(Cn1ncnn1)Cn1ncnn1. The van der Waals surface area contributed by atoms with Gasteiger partial charge < -0.3 is 0 Å². The summed E-state index contributed by atoms with van der Waals surface area (Å²) in [5.41, 5.74) is 0. The Kier molecular flexibility index (Phi) is 2.62. The maximum atomic E-state index is 10.7. The molecule has 2 heterocycles. The van der Waals surface area contributed by atoms with Crippen molar-refractivity contribution in [2.24, 2.45) is 0 Å². The maximum Gasteiger partial charge on any atom is 0.194 e. The minimum atomic E-state index is -0.604. The second-order valence-corrected chi connectivity index (χ2v) is 2.64. The summed E-state index contributed by atoms with van der Waals surface area (Å²) >= 11 is 0. The minimum absolute atomic E-state index is 0.158. The molecule has 0 aliphatic heterocycles. The zero-order chi connectivity index (χ0) is 11.4. The number of nitrogens with zero attached hydrogens (tertiary/aromatic N) is 10. The third kappa shape index (κ3) is 2.23. The lowest BCUT2D eigenvalue weighted by Gasteiger charge is -2.11. The predicted octanol–water partition coefficient (Wildman–Crippen LogP) is -2.23. The molecule has 0 radical (unpaired) electrons. The Morgan fingerprint density at radius 2 is 1.62 bits per heavy atom. The summed E-state index contributed by atoms with van der Waals surface area (Å²) in [6, 6.07) is 0. The van der Waals surface area contributed by atoms with Crippen LogP contribution in [-0.2, 0) is 13.3 Å². The van der Waals surface area contributed by atoms with E-state index in [1.807, 2.05) is 0 Å². The predicted molar refractivity (Wildman–Crippen MR) is 44.5 cm³/mol. The second kappa shape index (κ2) is 4.24. The maximum absolute atomic E-state index is 10.7. The summed E-state index contributed by atoms with van der Waals surface area (Å²) < 4.78 is 0. The largest absolute Gasteiger partial charge is 0.235 e. The summed E-state index contributed by atoms with van der Waals surface area (Å²) in [6.45, 7) is -0.316. The second-order valence-electron chi connectivity index (χ2n) is 2.64. The highest BCUT2D eigenvalue weighted by Crippen LogP contribution is 1.93. The third-order valence-corrected chi connectivity index (χ3v) is 1.59. The number of hydrogen-bond acceptors (Lipinski definition) is 8. The van der Waals surface area contributed by atoms with Crippen molar-refractivity contribution in [3.05, 3.63) is 22.8 Å². The molecule has 12 nitrogen and oxygen atoms in total. The molecule has 0 saturated heterocycles. The summed E-state index contributed by atoms with van der Waals surface area (Å²) in [5.74, 6) is 0. The zero-order valence-electron chi connectivity index (χ0n) is 7.86. The Hall–Kier alpha value is -2.66. The van der Waals surface area contributed by atoms with Gasteiger partial charge in [0.1, 0.15) is 0 Å². The van der Waals surface area contributed by atoms with Gasteiger partial charge >= 0.3 is 0 Å². The quantitative estimate of drug-likeness (QED) is 0.409. The van der Waals surface area contributed by atoms with Gasteiger partial charge in [0.05, 0.1) is 0 Å². The van der Waals surface area contributed by atoms with Crippen molar-refractivity contribution in [2.75, 3.05) is 0 Å². The summed E-state index contributed by atoms with van der Waals surface area (Å²) in [6.07, 6.45) is 2.37. The number of tetrazole rings is 2. The fourth-order valence-electron chi connectivity index (χ4n) is 0.947. The molecular formula is C4H6N10O2. The molecule has 12 heteroatoms. The number of aromatic nitrogens is 8. The summed E-state index contributed by atoms with van der Waals surface area (Å²) in [4.78, 5) is 12.8. The monoisotopic (exact) mass is 226 g/mol. The van der Waals surface area contributed by atoms with Gasteiger partial charge in [-0.2, -0.15) is 0 Å². The van der Waals surface area contributed by atoms with Crippen molar-refractivity contribution >= 4 is 0 Å². The van der Waals surface area contributed by atoms with E-state index in [4.69, 9.17) is 0 Å². The van der Waals surface area contributed by atoms with Gasteiger partial charge in [-0.05, 0) is 10.4 Å². The number of nitro groups is 1. The lowest BCUT2D eigenvalue weighted by atomic mass is 10.9. The van der Waals surface area contributed by atoms with E-state index in [0.717, 1.165) is 14.6 Å². The minimum Gasteiger partial charge on any atom is -0.235 e. The molecule has 16 heavy (non-hydrogen) atoms. The molecule has 0 fully saturated rings. The molecule has 0 saturated carbocycles. The van der Waals surface area contributed by atoms with E-state index >= 15 is 0 Å². The van der Waals surface area contributed by atoms with Gasteiger partial charge in [0.25, 0.3) is 0 Å². The number of hydrogen-bond donors (Lipinski definition) is 0. The van der Waals surface area contributed by atoms with Crippen molar-refractivity contribution in [1.82, 2.24) is 45.4 Å². The highest BCUT2D eigenvalue weighted by molar-refractivity contribution is 4.40. The van der Waals surface area contributed by atoms with E-state index in [9.17, 15) is 10.1 Å². The lowest BCUT2D eigenvalue weighted by Crippen LogP contribution is -2.35. The molecule has 0 amide bonds. The van der Waals surface area contributed by atoms with Gasteiger partial charge in [0, 0.05) is 0 Å². The highest BCUT2D eigenvalue weighted by Gasteiger charge is 2.17. The molecule has 84 valence electrons. The summed E-state index contributed by atoms with van der Waals surface area (Å²) in [7, 11) is 0. The fraction of sp³-hybridized carbons (Fsp3) is 0.500. The van der Waals surface area contributed by atoms with Gasteiger partial charge in [0.15, 0.2) is 31.0 Å². The molecule has 0 atom stereocenters. The van der Waals surface area contributed by atoms with Crippen LogP contribution in [0.2, 0.25) is 0 Å². The first kappa shape index (κ1) is 9.88. The Morgan fingerprint density at radius 3 is 1.94 bits per heavy atom. The average molecular weight is 226 g/mol. The van der Waals surface area contributed by atoms with Gasteiger partial charge in [-0.15, -0.1) is 30.0 Å². The van der Waals surface area contributed by atoms with Crippen LogP contribution < -0.4 is 0 Å². The van der Waals surface area contributed by atoms with Gasteiger partial charge in [0.2, 0.25) is 0 Å². The van der Waals surface area contributed by atoms with Crippen LogP contribution in [0.1, 0.15) is 0 Å². The van der Waals surface area contributed by atoms with Crippen LogP contribution >= 0.6 is 0 Å². The fourth-order valence-corrected chi connectivity index (χ4v) is 0.947. The van der Waals surface area contributed by atoms with E-state index in [1.165, 1.54) is 12.7 Å². The molecule has 2 aromatic heterocycles. The third-order valence-electron chi connectivity index (χ3n) is 1.59. The molecule has 0 unspecified atom stereocenters. The van der Waals surface area contributed by atoms with E-state index < -0.39 is 5.03 Å². The smallest absolute Gasteiger partial charge is 0.194 e. The first-order valence-corrected chi connectivity index (χ1v) is 4.06.